The number of likely N-dealkylation sites (N-methyl/N-ethyl adjacent to an activating group) is 1. The second-order valence-electron chi connectivity index (χ2n) is 8.05. The molecule has 7 heteroatoms. The Hall–Kier alpha value is -3.16. The van der Waals surface area contributed by atoms with Crippen LogP contribution in [0.2, 0.25) is 0 Å². The van der Waals surface area contributed by atoms with Crippen molar-refractivity contribution in [1.82, 2.24) is 4.90 Å². The number of benzene rings is 3. The van der Waals surface area contributed by atoms with Gasteiger partial charge in [-0.2, -0.15) is 0 Å². The highest BCUT2D eigenvalue weighted by Crippen LogP contribution is 2.31. The van der Waals surface area contributed by atoms with E-state index in [0.29, 0.717) is 29.0 Å². The Balaban J connectivity index is 1.41. The zero-order valence-electron chi connectivity index (χ0n) is 18.1. The van der Waals surface area contributed by atoms with Crippen molar-refractivity contribution in [3.63, 3.8) is 0 Å². The molecule has 5 nitrogen and oxygen atoms in total. The molecule has 0 bridgehead atoms. The molecular formula is C26H24FNO4S. The number of aromatic carboxylic acids is 1. The lowest BCUT2D eigenvalue weighted by Gasteiger charge is -2.20. The first-order valence-electron chi connectivity index (χ1n) is 10.6. The summed E-state index contributed by atoms with van der Waals surface area (Å²) in [5, 5.41) is 9.80. The van der Waals surface area contributed by atoms with Gasteiger partial charge in [-0.15, -0.1) is 0 Å². The molecule has 0 spiro atoms. The minimum Gasteiger partial charge on any atom is -0.492 e. The van der Waals surface area contributed by atoms with E-state index >= 15 is 0 Å². The Bertz CT molecular complexity index is 1140. The fourth-order valence-corrected chi connectivity index (χ4v) is 5.17. The zero-order valence-corrected chi connectivity index (χ0v) is 18.9. The number of hydrogen-bond acceptors (Lipinski definition) is 5. The first-order chi connectivity index (χ1) is 15.9. The second kappa shape index (κ2) is 10.2. The number of rotatable bonds is 7. The minimum absolute atomic E-state index is 0.0729. The molecule has 2 atom stereocenters. The first-order valence-corrected chi connectivity index (χ1v) is 11.5. The van der Waals surface area contributed by atoms with Gasteiger partial charge in [0.05, 0.1) is 5.56 Å². The van der Waals surface area contributed by atoms with Crippen molar-refractivity contribution in [2.24, 2.45) is 0 Å². The zero-order chi connectivity index (χ0) is 23.4. The Labute approximate surface area is 196 Å². The quantitative estimate of drug-likeness (QED) is 0.516. The third kappa shape index (κ3) is 5.61. The van der Waals surface area contributed by atoms with Crippen LogP contribution in [0.15, 0.2) is 72.8 Å². The third-order valence-corrected chi connectivity index (χ3v) is 6.88. The van der Waals surface area contributed by atoms with Gasteiger partial charge in [-0.25, -0.2) is 9.18 Å². The molecule has 2 unspecified atom stereocenters. The van der Waals surface area contributed by atoms with E-state index in [4.69, 9.17) is 4.74 Å². The lowest BCUT2D eigenvalue weighted by atomic mass is 9.99. The third-order valence-electron chi connectivity index (χ3n) is 5.75. The van der Waals surface area contributed by atoms with Crippen LogP contribution in [0.3, 0.4) is 0 Å². The van der Waals surface area contributed by atoms with E-state index in [0.717, 1.165) is 13.0 Å². The summed E-state index contributed by atoms with van der Waals surface area (Å²) in [6, 6.07) is 19.9. The molecule has 4 rings (SSSR count). The van der Waals surface area contributed by atoms with E-state index in [-0.39, 0.29) is 27.8 Å². The number of carbonyl (C=O) groups excluding carboxylic acids is 1. The van der Waals surface area contributed by atoms with Gasteiger partial charge in [-0.3, -0.25) is 9.69 Å². The van der Waals surface area contributed by atoms with Gasteiger partial charge < -0.3 is 9.84 Å². The maximum atomic E-state index is 13.3. The molecule has 1 saturated heterocycles. The smallest absolute Gasteiger partial charge is 0.336 e. The van der Waals surface area contributed by atoms with Crippen molar-refractivity contribution in [1.29, 1.82) is 0 Å². The minimum atomic E-state index is -1.06. The number of nitrogens with zero attached hydrogens (tertiary/aromatic N) is 1. The van der Waals surface area contributed by atoms with Crippen molar-refractivity contribution >= 4 is 22.8 Å². The molecule has 1 fully saturated rings. The molecule has 1 aliphatic rings. The van der Waals surface area contributed by atoms with E-state index in [9.17, 15) is 19.1 Å². The molecule has 0 aliphatic carbocycles. The summed E-state index contributed by atoms with van der Waals surface area (Å²) in [5.74, 6) is -0.894. The molecule has 1 heterocycles. The topological polar surface area (TPSA) is 66.8 Å². The van der Waals surface area contributed by atoms with Crippen LogP contribution in [-0.2, 0) is 0 Å². The number of likely N-dealkylation sites (tertiary alicyclic amines) is 1. The standard InChI is InChI=1S/C26H24FNO4S/c1-28-15-22(33-26(31)18-5-3-2-4-6-18)13-20(28)16-32-21-11-12-23(25(29)30)24(14-21)17-7-9-19(27)10-8-17/h2-12,14,20,22H,13,15-16H2,1H3,(H,29,30). The summed E-state index contributed by atoms with van der Waals surface area (Å²) >= 11 is 1.36. The molecule has 3 aromatic rings. The molecule has 0 saturated carbocycles. The van der Waals surface area contributed by atoms with Crippen molar-refractivity contribution in [2.75, 3.05) is 20.2 Å². The average Bonchev–Trinajstić information content (AvgIpc) is 3.17. The van der Waals surface area contributed by atoms with Gasteiger partial charge in [0.2, 0.25) is 5.12 Å². The number of ether oxygens (including phenoxy) is 1. The number of halogens is 1. The monoisotopic (exact) mass is 465 g/mol. The predicted octanol–water partition coefficient (Wildman–Crippen LogP) is 5.22. The highest BCUT2D eigenvalue weighted by Gasteiger charge is 2.32. The second-order valence-corrected chi connectivity index (χ2v) is 9.33. The van der Waals surface area contributed by atoms with Gasteiger partial charge in [0.1, 0.15) is 18.2 Å². The van der Waals surface area contributed by atoms with Crippen molar-refractivity contribution in [3.8, 4) is 16.9 Å². The number of carboxylic acid groups (broad SMARTS) is 1. The summed E-state index contributed by atoms with van der Waals surface area (Å²) in [4.78, 5) is 26.4. The van der Waals surface area contributed by atoms with Crippen molar-refractivity contribution < 1.29 is 23.8 Å². The maximum Gasteiger partial charge on any atom is 0.336 e. The fourth-order valence-electron chi connectivity index (χ4n) is 3.96. The summed E-state index contributed by atoms with van der Waals surface area (Å²) in [6.07, 6.45) is 0.817. The van der Waals surface area contributed by atoms with Crippen molar-refractivity contribution in [2.45, 2.75) is 17.7 Å². The molecule has 3 aromatic carbocycles. The highest BCUT2D eigenvalue weighted by molar-refractivity contribution is 8.14. The van der Waals surface area contributed by atoms with Gasteiger partial charge >= 0.3 is 5.97 Å². The molecule has 170 valence electrons. The maximum absolute atomic E-state index is 13.3. The highest BCUT2D eigenvalue weighted by atomic mass is 32.2. The van der Waals surface area contributed by atoms with Crippen LogP contribution in [0.25, 0.3) is 11.1 Å². The Morgan fingerprint density at radius 3 is 2.52 bits per heavy atom. The van der Waals surface area contributed by atoms with Gasteiger partial charge in [0, 0.05) is 23.4 Å². The van der Waals surface area contributed by atoms with Crippen LogP contribution in [0.5, 0.6) is 5.75 Å². The van der Waals surface area contributed by atoms with Crippen LogP contribution in [0.1, 0.15) is 27.1 Å². The molecule has 1 N–H and O–H groups in total. The van der Waals surface area contributed by atoms with Crippen LogP contribution < -0.4 is 4.74 Å². The lowest BCUT2D eigenvalue weighted by Crippen LogP contribution is -2.30. The van der Waals surface area contributed by atoms with Crippen LogP contribution >= 0.6 is 11.8 Å². The van der Waals surface area contributed by atoms with Crippen LogP contribution in [0, 0.1) is 5.82 Å². The van der Waals surface area contributed by atoms with Gasteiger partial charge in [0.15, 0.2) is 0 Å². The van der Waals surface area contributed by atoms with Crippen LogP contribution in [0.4, 0.5) is 4.39 Å². The van der Waals surface area contributed by atoms with E-state index in [1.165, 1.54) is 30.0 Å². The number of carbonyl (C=O) groups is 2. The largest absolute Gasteiger partial charge is 0.492 e. The average molecular weight is 466 g/mol. The molecule has 1 aliphatic heterocycles. The lowest BCUT2D eigenvalue weighted by molar-refractivity contribution is 0.0697. The van der Waals surface area contributed by atoms with Gasteiger partial charge in [-0.1, -0.05) is 54.2 Å². The number of carboxylic acids is 1. The summed E-state index contributed by atoms with van der Waals surface area (Å²) in [7, 11) is 2.01. The SMILES string of the molecule is CN1CC(SC(=O)c2ccccc2)CC1COc1ccc(C(=O)O)c(-c2ccc(F)cc2)c1. The molecule has 0 amide bonds. The van der Waals surface area contributed by atoms with Crippen molar-refractivity contribution in [3.05, 3.63) is 89.7 Å². The fraction of sp³-hybridized carbons (Fsp3) is 0.231. The predicted molar refractivity (Wildman–Crippen MR) is 127 cm³/mol. The number of hydrogen-bond donors (Lipinski definition) is 1. The molecular weight excluding hydrogens is 441 g/mol. The Morgan fingerprint density at radius 2 is 1.82 bits per heavy atom. The van der Waals surface area contributed by atoms with Gasteiger partial charge in [-0.05, 0) is 54.9 Å². The Kier molecular flexibility index (Phi) is 7.11. The molecule has 0 aromatic heterocycles. The van der Waals surface area contributed by atoms with E-state index in [1.807, 2.05) is 37.4 Å². The van der Waals surface area contributed by atoms with E-state index in [1.54, 1.807) is 24.3 Å². The van der Waals surface area contributed by atoms with Crippen LogP contribution in [-0.4, -0.2) is 52.6 Å². The van der Waals surface area contributed by atoms with E-state index < -0.39 is 5.97 Å². The summed E-state index contributed by atoms with van der Waals surface area (Å²) in [5.41, 5.74) is 1.91. The van der Waals surface area contributed by atoms with Gasteiger partial charge in [0.25, 0.3) is 0 Å². The summed E-state index contributed by atoms with van der Waals surface area (Å²) < 4.78 is 19.3. The number of thioether (sulfide) groups is 1. The first kappa shape index (κ1) is 23.0. The molecule has 33 heavy (non-hydrogen) atoms. The van der Waals surface area contributed by atoms with E-state index in [2.05, 4.69) is 4.90 Å². The summed E-state index contributed by atoms with van der Waals surface area (Å²) in [6.45, 7) is 1.21. The molecule has 0 radical (unpaired) electrons. The Morgan fingerprint density at radius 1 is 1.09 bits per heavy atom. The normalized spacial score (nSPS) is 18.2.